The number of benzene rings is 1. The van der Waals surface area contributed by atoms with Crippen LogP contribution in [-0.4, -0.2) is 29.1 Å². The number of carbonyl (C=O) groups is 1. The van der Waals surface area contributed by atoms with Crippen LogP contribution in [0.15, 0.2) is 36.8 Å². The van der Waals surface area contributed by atoms with E-state index in [1.54, 1.807) is 36.3 Å². The van der Waals surface area contributed by atoms with Gasteiger partial charge in [-0.25, -0.2) is 4.98 Å². The molecular formula is C13H16N4O2. The number of imidazole rings is 1. The van der Waals surface area contributed by atoms with Crippen LogP contribution in [0, 0.1) is 0 Å². The fourth-order valence-corrected chi connectivity index (χ4v) is 1.64. The number of nitrogens with one attached hydrogen (secondary N) is 1. The molecule has 1 aromatic carbocycles. The minimum absolute atomic E-state index is 0.260. The lowest BCUT2D eigenvalue weighted by Crippen LogP contribution is -2.12. The standard InChI is InChI=1S/C13H16N4O2/c1-19-11-4-2-3-10(7-11)16-13(18)12-8-17(6-5-14)9-15-12/h2-4,7-9H,5-6,14H2,1H3,(H,16,18). The van der Waals surface area contributed by atoms with E-state index >= 15 is 0 Å². The van der Waals surface area contributed by atoms with Crippen LogP contribution in [0.3, 0.4) is 0 Å². The molecule has 1 heterocycles. The average molecular weight is 260 g/mol. The molecule has 6 heteroatoms. The summed E-state index contributed by atoms with van der Waals surface area (Å²) in [5, 5.41) is 2.76. The smallest absolute Gasteiger partial charge is 0.275 e. The molecule has 3 N–H and O–H groups in total. The molecule has 0 saturated heterocycles. The van der Waals surface area contributed by atoms with E-state index < -0.39 is 0 Å². The van der Waals surface area contributed by atoms with Crippen LogP contribution in [0.2, 0.25) is 0 Å². The van der Waals surface area contributed by atoms with E-state index in [9.17, 15) is 4.79 Å². The van der Waals surface area contributed by atoms with E-state index in [4.69, 9.17) is 10.5 Å². The third-order valence-corrected chi connectivity index (χ3v) is 2.58. The fraction of sp³-hybridized carbons (Fsp3) is 0.231. The van der Waals surface area contributed by atoms with Gasteiger partial charge in [0, 0.05) is 31.0 Å². The number of hydrogen-bond donors (Lipinski definition) is 2. The number of amides is 1. The van der Waals surface area contributed by atoms with E-state index in [1.807, 2.05) is 12.1 Å². The van der Waals surface area contributed by atoms with Gasteiger partial charge in [0.05, 0.1) is 13.4 Å². The molecule has 19 heavy (non-hydrogen) atoms. The van der Waals surface area contributed by atoms with Crippen molar-refractivity contribution in [2.24, 2.45) is 5.73 Å². The van der Waals surface area contributed by atoms with Crippen LogP contribution >= 0.6 is 0 Å². The predicted octanol–water partition coefficient (Wildman–Crippen LogP) is 1.10. The Kier molecular flexibility index (Phi) is 4.15. The fourth-order valence-electron chi connectivity index (χ4n) is 1.64. The predicted molar refractivity (Wildman–Crippen MR) is 72.2 cm³/mol. The van der Waals surface area contributed by atoms with E-state index in [0.717, 1.165) is 0 Å². The highest BCUT2D eigenvalue weighted by atomic mass is 16.5. The van der Waals surface area contributed by atoms with Crippen molar-refractivity contribution in [1.82, 2.24) is 9.55 Å². The molecule has 0 bridgehead atoms. The molecule has 0 spiro atoms. The zero-order valence-corrected chi connectivity index (χ0v) is 10.7. The van der Waals surface area contributed by atoms with E-state index in [1.165, 1.54) is 0 Å². The summed E-state index contributed by atoms with van der Waals surface area (Å²) in [6.45, 7) is 1.15. The van der Waals surface area contributed by atoms with Crippen molar-refractivity contribution in [3.8, 4) is 5.75 Å². The molecule has 6 nitrogen and oxygen atoms in total. The summed E-state index contributed by atoms with van der Waals surface area (Å²) in [4.78, 5) is 16.0. The number of rotatable bonds is 5. The Morgan fingerprint density at radius 3 is 3.11 bits per heavy atom. The monoisotopic (exact) mass is 260 g/mol. The lowest BCUT2D eigenvalue weighted by atomic mass is 10.3. The summed E-state index contributed by atoms with van der Waals surface area (Å²) in [5.41, 5.74) is 6.46. The maximum Gasteiger partial charge on any atom is 0.275 e. The minimum Gasteiger partial charge on any atom is -0.497 e. The SMILES string of the molecule is COc1cccc(NC(=O)c2cn(CCN)cn2)c1. The highest BCUT2D eigenvalue weighted by molar-refractivity contribution is 6.02. The molecule has 2 rings (SSSR count). The van der Waals surface area contributed by atoms with Gasteiger partial charge >= 0.3 is 0 Å². The van der Waals surface area contributed by atoms with Crippen LogP contribution in [0.5, 0.6) is 5.75 Å². The first kappa shape index (κ1) is 13.1. The van der Waals surface area contributed by atoms with Crippen molar-refractivity contribution in [3.05, 3.63) is 42.5 Å². The molecule has 0 aliphatic heterocycles. The van der Waals surface area contributed by atoms with Gasteiger partial charge in [-0.15, -0.1) is 0 Å². The van der Waals surface area contributed by atoms with Crippen LogP contribution in [-0.2, 0) is 6.54 Å². The number of aromatic nitrogens is 2. The number of nitrogens with zero attached hydrogens (tertiary/aromatic N) is 2. The number of anilines is 1. The number of hydrogen-bond acceptors (Lipinski definition) is 4. The van der Waals surface area contributed by atoms with Crippen molar-refractivity contribution < 1.29 is 9.53 Å². The Balaban J connectivity index is 2.06. The summed E-state index contributed by atoms with van der Waals surface area (Å²) in [6, 6.07) is 7.15. The highest BCUT2D eigenvalue weighted by Crippen LogP contribution is 2.17. The molecule has 0 radical (unpaired) electrons. The molecule has 0 fully saturated rings. The second-order valence-electron chi connectivity index (χ2n) is 3.97. The number of nitrogens with two attached hydrogens (primary N) is 1. The van der Waals surface area contributed by atoms with Crippen molar-refractivity contribution in [1.29, 1.82) is 0 Å². The van der Waals surface area contributed by atoms with Crippen molar-refractivity contribution >= 4 is 11.6 Å². The van der Waals surface area contributed by atoms with Gasteiger partial charge in [0.1, 0.15) is 11.4 Å². The summed E-state index contributed by atoms with van der Waals surface area (Å²) >= 11 is 0. The van der Waals surface area contributed by atoms with Crippen LogP contribution in [0.1, 0.15) is 10.5 Å². The summed E-state index contributed by atoms with van der Waals surface area (Å²) in [6.07, 6.45) is 3.26. The van der Waals surface area contributed by atoms with Gasteiger partial charge in [0.2, 0.25) is 0 Å². The van der Waals surface area contributed by atoms with Gasteiger partial charge in [-0.2, -0.15) is 0 Å². The first-order chi connectivity index (χ1) is 9.22. The van der Waals surface area contributed by atoms with Crippen LogP contribution in [0.25, 0.3) is 0 Å². The Morgan fingerprint density at radius 1 is 1.53 bits per heavy atom. The van der Waals surface area contributed by atoms with Gasteiger partial charge in [0.25, 0.3) is 5.91 Å². The topological polar surface area (TPSA) is 82.2 Å². The summed E-state index contributed by atoms with van der Waals surface area (Å²) in [5.74, 6) is 0.426. The second-order valence-corrected chi connectivity index (χ2v) is 3.97. The van der Waals surface area contributed by atoms with E-state index in [2.05, 4.69) is 10.3 Å². The first-order valence-corrected chi connectivity index (χ1v) is 5.90. The zero-order chi connectivity index (χ0) is 13.7. The Bertz CT molecular complexity index is 565. The largest absolute Gasteiger partial charge is 0.497 e. The molecule has 1 amide bonds. The summed E-state index contributed by atoms with van der Waals surface area (Å²) in [7, 11) is 1.58. The zero-order valence-electron chi connectivity index (χ0n) is 10.7. The maximum atomic E-state index is 12.0. The van der Waals surface area contributed by atoms with Crippen molar-refractivity contribution in [3.63, 3.8) is 0 Å². The second kappa shape index (κ2) is 6.01. The highest BCUT2D eigenvalue weighted by Gasteiger charge is 2.09. The molecule has 100 valence electrons. The van der Waals surface area contributed by atoms with Gasteiger partial charge in [0.15, 0.2) is 0 Å². The molecule has 0 aliphatic rings. The molecule has 0 atom stereocenters. The lowest BCUT2D eigenvalue weighted by molar-refractivity contribution is 0.102. The number of carbonyl (C=O) groups excluding carboxylic acids is 1. The third kappa shape index (κ3) is 3.32. The van der Waals surface area contributed by atoms with E-state index in [-0.39, 0.29) is 5.91 Å². The van der Waals surface area contributed by atoms with Crippen LogP contribution < -0.4 is 15.8 Å². The number of methoxy groups -OCH3 is 1. The lowest BCUT2D eigenvalue weighted by Gasteiger charge is -2.05. The molecule has 0 saturated carbocycles. The molecule has 0 unspecified atom stereocenters. The molecular weight excluding hydrogens is 244 g/mol. The minimum atomic E-state index is -0.260. The van der Waals surface area contributed by atoms with Crippen LogP contribution in [0.4, 0.5) is 5.69 Å². The maximum absolute atomic E-state index is 12.0. The van der Waals surface area contributed by atoms with E-state index in [0.29, 0.717) is 30.2 Å². The molecule has 0 aliphatic carbocycles. The Labute approximate surface area is 111 Å². The van der Waals surface area contributed by atoms with Gasteiger partial charge in [-0.05, 0) is 12.1 Å². The van der Waals surface area contributed by atoms with Gasteiger partial charge in [-0.3, -0.25) is 4.79 Å². The quantitative estimate of drug-likeness (QED) is 0.843. The third-order valence-electron chi connectivity index (χ3n) is 2.58. The average Bonchev–Trinajstić information content (AvgIpc) is 2.88. The van der Waals surface area contributed by atoms with Crippen molar-refractivity contribution in [2.45, 2.75) is 6.54 Å². The number of ether oxygens (including phenoxy) is 1. The Morgan fingerprint density at radius 2 is 2.37 bits per heavy atom. The van der Waals surface area contributed by atoms with Gasteiger partial charge in [-0.1, -0.05) is 6.07 Å². The summed E-state index contributed by atoms with van der Waals surface area (Å²) < 4.78 is 6.87. The normalized spacial score (nSPS) is 10.2. The first-order valence-electron chi connectivity index (χ1n) is 5.90. The molecule has 2 aromatic rings. The van der Waals surface area contributed by atoms with Crippen molar-refractivity contribution in [2.75, 3.05) is 19.0 Å². The Hall–Kier alpha value is -2.34. The van der Waals surface area contributed by atoms with Gasteiger partial charge < -0.3 is 20.4 Å². The molecule has 1 aromatic heterocycles.